The van der Waals surface area contributed by atoms with Crippen molar-refractivity contribution in [1.29, 1.82) is 0 Å². The Morgan fingerprint density at radius 2 is 0.632 bits per heavy atom. The number of Topliss-reactive ketones (excluding diaryl/α,β-unsaturated/α-hetero) is 5. The van der Waals surface area contributed by atoms with Crippen molar-refractivity contribution in [1.82, 2.24) is 21.3 Å². The van der Waals surface area contributed by atoms with Crippen molar-refractivity contribution in [2.45, 2.75) is 140 Å². The Morgan fingerprint density at radius 3 is 0.874 bits per heavy atom. The molecule has 23 heteroatoms. The summed E-state index contributed by atoms with van der Waals surface area (Å²) in [6, 6.07) is 14.6. The topological polar surface area (TPSA) is 386 Å². The Bertz CT molecular complexity index is 3040. The van der Waals surface area contributed by atoms with Gasteiger partial charge in [0, 0.05) is 25.7 Å². The molecule has 23 nitrogen and oxygen atoms in total. The lowest BCUT2D eigenvalue weighted by Gasteiger charge is -2.21. The number of amides is 5. The van der Waals surface area contributed by atoms with E-state index in [-0.39, 0.29) is 114 Å². The van der Waals surface area contributed by atoms with Crippen LogP contribution < -0.4 is 68.9 Å². The fourth-order valence-corrected chi connectivity index (χ4v) is 9.89. The average molecular weight is 1210 g/mol. The van der Waals surface area contributed by atoms with Crippen LogP contribution in [-0.4, -0.2) is 137 Å². The molecule has 0 saturated carbocycles. The van der Waals surface area contributed by atoms with Gasteiger partial charge < -0.3 is 68.9 Å². The molecule has 4 aromatic carbocycles. The molecule has 0 unspecified atom stereocenters. The average Bonchev–Trinajstić information content (AvgIpc) is 2.93. The first-order chi connectivity index (χ1) is 41.7. The summed E-state index contributed by atoms with van der Waals surface area (Å²) in [6.45, 7) is 2.71. The van der Waals surface area contributed by atoms with Crippen LogP contribution in [-0.2, 0) is 54.5 Å². The first-order valence-corrected chi connectivity index (χ1v) is 29.3. The predicted octanol–water partition coefficient (Wildman–Crippen LogP) is 3.64. The Kier molecular flexibility index (Phi) is 30.4. The highest BCUT2D eigenvalue weighted by Gasteiger charge is 2.29. The Morgan fingerprint density at radius 1 is 0.379 bits per heavy atom. The molecule has 4 rings (SSSR count). The summed E-state index contributed by atoms with van der Waals surface area (Å²) in [5.41, 5.74) is 30.6. The van der Waals surface area contributed by atoms with Crippen molar-refractivity contribution < 1.29 is 66.9 Å². The zero-order valence-electron chi connectivity index (χ0n) is 50.7. The van der Waals surface area contributed by atoms with Gasteiger partial charge in [0.1, 0.15) is 28.8 Å². The molecule has 4 atom stereocenters. The Hall–Kier alpha value is -8.38. The highest BCUT2D eigenvalue weighted by atomic mass is 16.5. The van der Waals surface area contributed by atoms with E-state index in [1.807, 2.05) is 0 Å². The largest absolute Gasteiger partial charge is 0.496 e. The van der Waals surface area contributed by atoms with E-state index in [4.69, 9.17) is 47.6 Å². The monoisotopic (exact) mass is 1210 g/mol. The molecule has 0 radical (unpaired) electrons. The van der Waals surface area contributed by atoms with Gasteiger partial charge in [-0.05, 0) is 181 Å². The van der Waals surface area contributed by atoms with Crippen molar-refractivity contribution in [3.8, 4) is 23.0 Å². The molecule has 14 N–H and O–H groups in total. The first-order valence-electron chi connectivity index (χ1n) is 29.3. The van der Waals surface area contributed by atoms with Gasteiger partial charge in [-0.2, -0.15) is 0 Å². The third-order valence-electron chi connectivity index (χ3n) is 14.6. The summed E-state index contributed by atoms with van der Waals surface area (Å²) in [7, 11) is 5.52. The second-order valence-corrected chi connectivity index (χ2v) is 21.3. The van der Waals surface area contributed by atoms with Gasteiger partial charge in [-0.25, -0.2) is 0 Å². The highest BCUT2D eigenvalue weighted by molar-refractivity contribution is 6.04. The lowest BCUT2D eigenvalue weighted by Crippen LogP contribution is -2.42. The molecule has 0 aliphatic carbocycles. The van der Waals surface area contributed by atoms with Gasteiger partial charge in [-0.1, -0.05) is 24.3 Å². The minimum Gasteiger partial charge on any atom is -0.496 e. The smallest absolute Gasteiger partial charge is 0.255 e. The number of ether oxygens (including phenoxy) is 4. The van der Waals surface area contributed by atoms with E-state index in [0.717, 1.165) is 0 Å². The summed E-state index contributed by atoms with van der Waals surface area (Å²) in [6.07, 6.45) is 4.16. The molecule has 0 heterocycles. The minimum atomic E-state index is -1.05. The summed E-state index contributed by atoms with van der Waals surface area (Å²) in [5.74, 6) is -4.36. The van der Waals surface area contributed by atoms with Crippen molar-refractivity contribution in [3.05, 3.63) is 117 Å². The number of nitrogens with one attached hydrogen (secondary N) is 4. The molecule has 4 aromatic rings. The van der Waals surface area contributed by atoms with E-state index in [1.165, 1.54) is 83.9 Å². The number of methoxy groups -OCH3 is 4. The molecule has 472 valence electrons. The number of ketones is 5. The van der Waals surface area contributed by atoms with Gasteiger partial charge >= 0.3 is 0 Å². The third kappa shape index (κ3) is 22.8. The molecular weight excluding hydrogens is 1120 g/mol. The van der Waals surface area contributed by atoms with Crippen molar-refractivity contribution in [2.75, 3.05) is 54.6 Å². The number of carbonyl (C=O) groups is 10. The highest BCUT2D eigenvalue weighted by Crippen LogP contribution is 2.27. The molecular formula is C64H87N9O14. The van der Waals surface area contributed by atoms with Gasteiger partial charge in [0.25, 0.3) is 23.6 Å². The summed E-state index contributed by atoms with van der Waals surface area (Å²) < 4.78 is 21.9. The molecule has 0 bridgehead atoms. The summed E-state index contributed by atoms with van der Waals surface area (Å²) in [4.78, 5) is 135. The fraction of sp³-hybridized carbons (Fsp3) is 0.469. The number of rotatable bonds is 42. The molecule has 5 amide bonds. The molecule has 0 aromatic heterocycles. The quantitative estimate of drug-likeness (QED) is 0.0226. The van der Waals surface area contributed by atoms with Crippen molar-refractivity contribution in [3.63, 3.8) is 0 Å². The number of hydrogen-bond donors (Lipinski definition) is 9. The number of nitrogens with two attached hydrogens (primary N) is 5. The van der Waals surface area contributed by atoms with Crippen LogP contribution in [0.1, 0.15) is 154 Å². The lowest BCUT2D eigenvalue weighted by molar-refractivity contribution is -0.131. The molecule has 0 fully saturated rings. The predicted molar refractivity (Wildman–Crippen MR) is 328 cm³/mol. The van der Waals surface area contributed by atoms with Crippen LogP contribution in [0.25, 0.3) is 0 Å². The summed E-state index contributed by atoms with van der Waals surface area (Å²) in [5, 5.41) is 11.2. The molecule has 0 aliphatic heterocycles. The lowest BCUT2D eigenvalue weighted by atomic mass is 9.95. The van der Waals surface area contributed by atoms with E-state index >= 15 is 0 Å². The maximum Gasteiger partial charge on any atom is 0.255 e. The standard InChI is InChI=1S/C64H87N9O14/c1-39(74)30-60(79)70-48(14-6-10-26-65)52(75)36-41-19-23-57(85-3)45(32-41)62(81)72-50(16-8-12-28-67)54(77)38-43-21-25-59(87-5)47(34-43)64(83)73-51(17-9-13-29-68)55(78)37-42-20-24-58(86-4)46(33-42)63(82)71-49(15-7-11-27-66)53(76)35-40-18-22-56(84-2)44(31-40)61(69)80/h18-25,31-34,48-51H,6-17,26-30,35-38,65-68H2,1-5H3,(H2,69,80)(H,70,79)(H,71,82)(H,72,81)(H,73,83)/t48-,49-,50-,51-/m0/s1. The van der Waals surface area contributed by atoms with Gasteiger partial charge in [-0.15, -0.1) is 0 Å². The zero-order valence-corrected chi connectivity index (χ0v) is 50.7. The van der Waals surface area contributed by atoms with E-state index in [1.54, 1.807) is 24.3 Å². The van der Waals surface area contributed by atoms with Crippen molar-refractivity contribution in [2.24, 2.45) is 28.7 Å². The van der Waals surface area contributed by atoms with Gasteiger partial charge in [-0.3, -0.25) is 47.9 Å². The van der Waals surface area contributed by atoms with Crippen LogP contribution in [0.5, 0.6) is 23.0 Å². The summed E-state index contributed by atoms with van der Waals surface area (Å²) >= 11 is 0. The zero-order chi connectivity index (χ0) is 64.0. The molecule has 0 aliphatic rings. The van der Waals surface area contributed by atoms with Crippen molar-refractivity contribution >= 4 is 58.5 Å². The first kappa shape index (κ1) is 71.1. The number of carbonyl (C=O) groups excluding carboxylic acids is 10. The fourth-order valence-electron chi connectivity index (χ4n) is 9.89. The Labute approximate surface area is 508 Å². The van der Waals surface area contributed by atoms with Crippen LogP contribution >= 0.6 is 0 Å². The number of benzene rings is 4. The molecule has 87 heavy (non-hydrogen) atoms. The van der Waals surface area contributed by atoms with E-state index in [0.29, 0.717) is 106 Å². The van der Waals surface area contributed by atoms with Crippen LogP contribution in [0.15, 0.2) is 72.8 Å². The number of unbranched alkanes of at least 4 members (excludes halogenated alkanes) is 4. The second kappa shape index (κ2) is 37.2. The van der Waals surface area contributed by atoms with E-state index < -0.39 is 65.3 Å². The van der Waals surface area contributed by atoms with Crippen LogP contribution in [0.2, 0.25) is 0 Å². The number of hydrogen-bond acceptors (Lipinski definition) is 18. The second-order valence-electron chi connectivity index (χ2n) is 21.3. The SMILES string of the molecule is COc1ccc(CC(=O)[C@H](CCCCN)NC(=O)c2cc(CC(=O)[C@H](CCCCN)NC(=O)c3cc(CC(=O)[C@H](CCCCN)NC(=O)c4cc(CC(=O)[C@H](CCCCN)NC(=O)CC(C)=O)ccc4OC)ccc3OC)ccc2OC)cc1C(N)=O. The van der Waals surface area contributed by atoms with E-state index in [9.17, 15) is 47.9 Å². The van der Waals surface area contributed by atoms with E-state index in [2.05, 4.69) is 21.3 Å². The normalized spacial score (nSPS) is 12.3. The molecule has 0 spiro atoms. The van der Waals surface area contributed by atoms with Gasteiger partial charge in [0.2, 0.25) is 5.91 Å². The minimum absolute atomic E-state index is 0.0264. The Balaban J connectivity index is 1.56. The van der Waals surface area contributed by atoms with Gasteiger partial charge in [0.05, 0.1) is 81.3 Å². The van der Waals surface area contributed by atoms with Gasteiger partial charge in [0.15, 0.2) is 23.1 Å². The van der Waals surface area contributed by atoms with Crippen LogP contribution in [0.4, 0.5) is 0 Å². The number of primary amides is 1. The maximum absolute atomic E-state index is 14.4. The maximum atomic E-state index is 14.4. The van der Waals surface area contributed by atoms with Crippen LogP contribution in [0.3, 0.4) is 0 Å². The third-order valence-corrected chi connectivity index (χ3v) is 14.6. The van der Waals surface area contributed by atoms with Crippen LogP contribution in [0, 0.1) is 0 Å². The molecule has 0 saturated heterocycles.